The Morgan fingerprint density at radius 1 is 1.38 bits per heavy atom. The third-order valence-corrected chi connectivity index (χ3v) is 3.43. The average molecular weight is 184 g/mol. The van der Waals surface area contributed by atoms with E-state index in [0.717, 1.165) is 18.4 Å². The molecule has 0 amide bonds. The van der Waals surface area contributed by atoms with Gasteiger partial charge in [-0.05, 0) is 38.8 Å². The van der Waals surface area contributed by atoms with Crippen molar-refractivity contribution in [2.75, 3.05) is 20.6 Å². The van der Waals surface area contributed by atoms with Crippen molar-refractivity contribution in [3.63, 3.8) is 0 Å². The van der Waals surface area contributed by atoms with Crippen LogP contribution in [0.15, 0.2) is 0 Å². The van der Waals surface area contributed by atoms with Crippen LogP contribution in [0.25, 0.3) is 0 Å². The lowest BCUT2D eigenvalue weighted by Gasteiger charge is -2.36. The standard InChI is InChI=1S/C11H24N2/c1-9-5-4-6-10(7-9)11(8-12)13(2)3/h9-11H,4-8,12H2,1-3H3. The highest BCUT2D eigenvalue weighted by Crippen LogP contribution is 2.31. The molecule has 0 radical (unpaired) electrons. The van der Waals surface area contributed by atoms with Gasteiger partial charge in [0.05, 0.1) is 0 Å². The van der Waals surface area contributed by atoms with E-state index in [9.17, 15) is 0 Å². The van der Waals surface area contributed by atoms with Gasteiger partial charge in [0, 0.05) is 12.6 Å². The topological polar surface area (TPSA) is 29.3 Å². The van der Waals surface area contributed by atoms with Crippen molar-refractivity contribution < 1.29 is 0 Å². The molecule has 0 aromatic heterocycles. The first-order chi connectivity index (χ1) is 6.15. The molecule has 2 nitrogen and oxygen atoms in total. The van der Waals surface area contributed by atoms with Crippen molar-refractivity contribution in [1.82, 2.24) is 4.90 Å². The number of rotatable bonds is 3. The summed E-state index contributed by atoms with van der Waals surface area (Å²) in [6.45, 7) is 3.18. The van der Waals surface area contributed by atoms with E-state index in [-0.39, 0.29) is 0 Å². The molecule has 0 heterocycles. The van der Waals surface area contributed by atoms with E-state index in [2.05, 4.69) is 25.9 Å². The average Bonchev–Trinajstić information content (AvgIpc) is 2.04. The molecule has 0 bridgehead atoms. The SMILES string of the molecule is CC1CCCC(C(CN)N(C)C)C1. The van der Waals surface area contributed by atoms with Gasteiger partial charge in [0.1, 0.15) is 0 Å². The molecule has 1 aliphatic carbocycles. The Labute approximate surface area is 82.5 Å². The van der Waals surface area contributed by atoms with E-state index in [1.54, 1.807) is 0 Å². The van der Waals surface area contributed by atoms with Gasteiger partial charge < -0.3 is 10.6 Å². The van der Waals surface area contributed by atoms with Gasteiger partial charge in [0.25, 0.3) is 0 Å². The van der Waals surface area contributed by atoms with Gasteiger partial charge in [-0.15, -0.1) is 0 Å². The molecule has 1 fully saturated rings. The minimum Gasteiger partial charge on any atom is -0.329 e. The quantitative estimate of drug-likeness (QED) is 0.723. The number of hydrogen-bond donors (Lipinski definition) is 1. The maximum atomic E-state index is 5.81. The van der Waals surface area contributed by atoms with Crippen molar-refractivity contribution in [2.45, 2.75) is 38.6 Å². The zero-order valence-corrected chi connectivity index (χ0v) is 9.29. The fourth-order valence-corrected chi connectivity index (χ4v) is 2.66. The molecule has 13 heavy (non-hydrogen) atoms. The molecule has 0 spiro atoms. The molecule has 3 atom stereocenters. The molecule has 1 rings (SSSR count). The smallest absolute Gasteiger partial charge is 0.0240 e. The molecule has 2 heteroatoms. The van der Waals surface area contributed by atoms with Gasteiger partial charge in [-0.25, -0.2) is 0 Å². The summed E-state index contributed by atoms with van der Waals surface area (Å²) in [5, 5.41) is 0. The lowest BCUT2D eigenvalue weighted by atomic mass is 9.78. The molecule has 1 saturated carbocycles. The molecule has 0 aromatic rings. The van der Waals surface area contributed by atoms with Crippen LogP contribution >= 0.6 is 0 Å². The summed E-state index contributed by atoms with van der Waals surface area (Å²) in [6.07, 6.45) is 5.57. The van der Waals surface area contributed by atoms with E-state index >= 15 is 0 Å². The van der Waals surface area contributed by atoms with Crippen LogP contribution < -0.4 is 5.73 Å². The first kappa shape index (κ1) is 11.0. The Bertz CT molecular complexity index is 145. The molecule has 3 unspecified atom stereocenters. The lowest BCUT2D eigenvalue weighted by molar-refractivity contribution is 0.152. The molecular weight excluding hydrogens is 160 g/mol. The van der Waals surface area contributed by atoms with Crippen LogP contribution in [0, 0.1) is 11.8 Å². The fourth-order valence-electron chi connectivity index (χ4n) is 2.66. The monoisotopic (exact) mass is 184 g/mol. The van der Waals surface area contributed by atoms with Gasteiger partial charge in [-0.2, -0.15) is 0 Å². The number of nitrogens with zero attached hydrogens (tertiary/aromatic N) is 1. The fraction of sp³-hybridized carbons (Fsp3) is 1.00. The molecule has 0 aromatic carbocycles. The van der Waals surface area contributed by atoms with Crippen molar-refractivity contribution in [2.24, 2.45) is 17.6 Å². The molecule has 78 valence electrons. The molecule has 1 aliphatic rings. The summed E-state index contributed by atoms with van der Waals surface area (Å²) in [7, 11) is 4.30. The van der Waals surface area contributed by atoms with Gasteiger partial charge in [0.15, 0.2) is 0 Å². The van der Waals surface area contributed by atoms with Crippen LogP contribution in [0.2, 0.25) is 0 Å². The van der Waals surface area contributed by atoms with Crippen LogP contribution in [0.5, 0.6) is 0 Å². The predicted octanol–water partition coefficient (Wildman–Crippen LogP) is 1.70. The largest absolute Gasteiger partial charge is 0.329 e. The van der Waals surface area contributed by atoms with Gasteiger partial charge in [0.2, 0.25) is 0 Å². The summed E-state index contributed by atoms with van der Waals surface area (Å²) in [6, 6.07) is 0.600. The van der Waals surface area contributed by atoms with E-state index in [0.29, 0.717) is 6.04 Å². The zero-order valence-electron chi connectivity index (χ0n) is 9.29. The highest BCUT2D eigenvalue weighted by atomic mass is 15.1. The lowest BCUT2D eigenvalue weighted by Crippen LogP contribution is -2.42. The van der Waals surface area contributed by atoms with E-state index in [4.69, 9.17) is 5.73 Å². The van der Waals surface area contributed by atoms with Crippen molar-refractivity contribution in [1.29, 1.82) is 0 Å². The van der Waals surface area contributed by atoms with Crippen LogP contribution in [0.3, 0.4) is 0 Å². The number of likely N-dealkylation sites (N-methyl/N-ethyl adjacent to an activating group) is 1. The molecular formula is C11H24N2. The van der Waals surface area contributed by atoms with Crippen LogP contribution in [-0.4, -0.2) is 31.6 Å². The Morgan fingerprint density at radius 2 is 2.08 bits per heavy atom. The zero-order chi connectivity index (χ0) is 9.84. The first-order valence-electron chi connectivity index (χ1n) is 5.51. The second kappa shape index (κ2) is 4.97. The van der Waals surface area contributed by atoms with Crippen molar-refractivity contribution in [3.8, 4) is 0 Å². The minimum absolute atomic E-state index is 0.600. The third-order valence-electron chi connectivity index (χ3n) is 3.43. The first-order valence-corrected chi connectivity index (χ1v) is 5.51. The van der Waals surface area contributed by atoms with E-state index in [1.165, 1.54) is 25.7 Å². The summed E-state index contributed by atoms with van der Waals surface area (Å²) >= 11 is 0. The Morgan fingerprint density at radius 3 is 2.54 bits per heavy atom. The van der Waals surface area contributed by atoms with Crippen molar-refractivity contribution >= 4 is 0 Å². The van der Waals surface area contributed by atoms with Crippen LogP contribution in [-0.2, 0) is 0 Å². The third kappa shape index (κ3) is 2.96. The normalized spacial score (nSPS) is 32.1. The highest BCUT2D eigenvalue weighted by molar-refractivity contribution is 4.81. The molecule has 0 saturated heterocycles. The number of hydrogen-bond acceptors (Lipinski definition) is 2. The summed E-state index contributed by atoms with van der Waals surface area (Å²) in [5.41, 5.74) is 5.81. The van der Waals surface area contributed by atoms with Gasteiger partial charge in [-0.3, -0.25) is 0 Å². The second-order valence-corrected chi connectivity index (χ2v) is 4.80. The van der Waals surface area contributed by atoms with E-state index < -0.39 is 0 Å². The van der Waals surface area contributed by atoms with Gasteiger partial charge in [-0.1, -0.05) is 19.8 Å². The summed E-state index contributed by atoms with van der Waals surface area (Å²) in [5.74, 6) is 1.75. The Hall–Kier alpha value is -0.0800. The Kier molecular flexibility index (Phi) is 4.20. The summed E-state index contributed by atoms with van der Waals surface area (Å²) < 4.78 is 0. The van der Waals surface area contributed by atoms with Crippen molar-refractivity contribution in [3.05, 3.63) is 0 Å². The molecule has 2 N–H and O–H groups in total. The maximum Gasteiger partial charge on any atom is 0.0240 e. The van der Waals surface area contributed by atoms with Gasteiger partial charge >= 0.3 is 0 Å². The van der Waals surface area contributed by atoms with E-state index in [1.807, 2.05) is 0 Å². The van der Waals surface area contributed by atoms with Crippen LogP contribution in [0.1, 0.15) is 32.6 Å². The highest BCUT2D eigenvalue weighted by Gasteiger charge is 2.26. The maximum absolute atomic E-state index is 5.81. The predicted molar refractivity (Wildman–Crippen MR) is 57.7 cm³/mol. The number of nitrogens with two attached hydrogens (primary N) is 1. The minimum atomic E-state index is 0.600. The Balaban J connectivity index is 2.47. The summed E-state index contributed by atoms with van der Waals surface area (Å²) in [4.78, 5) is 2.29. The van der Waals surface area contributed by atoms with Crippen LogP contribution in [0.4, 0.5) is 0 Å². The molecule has 0 aliphatic heterocycles. The second-order valence-electron chi connectivity index (χ2n) is 4.80.